The van der Waals surface area contributed by atoms with Crippen LogP contribution >= 0.6 is 11.8 Å². The van der Waals surface area contributed by atoms with Crippen molar-refractivity contribution in [1.82, 2.24) is 4.90 Å². The van der Waals surface area contributed by atoms with E-state index < -0.39 is 0 Å². The topological polar surface area (TPSA) is 20.3 Å². The molecule has 0 amide bonds. The van der Waals surface area contributed by atoms with Crippen LogP contribution in [0.1, 0.15) is 30.1 Å². The summed E-state index contributed by atoms with van der Waals surface area (Å²) >= 11 is 1.56. The van der Waals surface area contributed by atoms with Gasteiger partial charge in [0.15, 0.2) is 0 Å². The molecule has 3 heterocycles. The third-order valence-corrected chi connectivity index (χ3v) is 5.84. The normalized spacial score (nSPS) is 34.5. The molecule has 2 nitrogen and oxygen atoms in total. The summed E-state index contributed by atoms with van der Waals surface area (Å²) in [4.78, 5) is 14.8. The van der Waals surface area contributed by atoms with Crippen LogP contribution in [0.15, 0.2) is 30.3 Å². The maximum atomic E-state index is 12.3. The Morgan fingerprint density at radius 2 is 1.89 bits per heavy atom. The van der Waals surface area contributed by atoms with Gasteiger partial charge in [0.1, 0.15) is 0 Å². The first-order valence-corrected chi connectivity index (χ1v) is 7.64. The third-order valence-electron chi connectivity index (χ3n) is 4.34. The van der Waals surface area contributed by atoms with E-state index in [0.717, 1.165) is 11.5 Å². The lowest BCUT2D eigenvalue weighted by Gasteiger charge is -2.49. The number of rotatable bonds is 2. The van der Waals surface area contributed by atoms with Gasteiger partial charge in [-0.2, -0.15) is 0 Å². The van der Waals surface area contributed by atoms with Gasteiger partial charge < -0.3 is 0 Å². The van der Waals surface area contributed by atoms with Crippen LogP contribution in [-0.2, 0) is 0 Å². The molecular weight excluding hydrogens is 242 g/mol. The minimum atomic E-state index is 0.237. The number of nitrogens with zero attached hydrogens (tertiary/aromatic N) is 1. The van der Waals surface area contributed by atoms with E-state index in [0.29, 0.717) is 11.3 Å². The van der Waals surface area contributed by atoms with Gasteiger partial charge in [0.2, 0.25) is 5.12 Å². The van der Waals surface area contributed by atoms with Crippen LogP contribution < -0.4 is 0 Å². The highest BCUT2D eigenvalue weighted by Gasteiger charge is 2.41. The summed E-state index contributed by atoms with van der Waals surface area (Å²) < 4.78 is 0. The molecule has 0 radical (unpaired) electrons. The van der Waals surface area contributed by atoms with Gasteiger partial charge in [0.25, 0.3) is 0 Å². The van der Waals surface area contributed by atoms with Gasteiger partial charge in [0, 0.05) is 16.9 Å². The molecule has 0 aromatic heterocycles. The highest BCUT2D eigenvalue weighted by molar-refractivity contribution is 8.14. The average molecular weight is 261 g/mol. The largest absolute Gasteiger partial charge is 0.300 e. The molecule has 0 saturated carbocycles. The molecule has 1 aromatic rings. The second-order valence-electron chi connectivity index (χ2n) is 5.35. The summed E-state index contributed by atoms with van der Waals surface area (Å²) in [5, 5.41) is 0.724. The Labute approximate surface area is 113 Å². The van der Waals surface area contributed by atoms with Gasteiger partial charge in [-0.1, -0.05) is 42.1 Å². The van der Waals surface area contributed by atoms with E-state index in [1.54, 1.807) is 11.8 Å². The Hall–Kier alpha value is -0.800. The second-order valence-corrected chi connectivity index (χ2v) is 6.50. The zero-order chi connectivity index (χ0) is 12.5. The number of carbonyl (C=O) groups excluding carboxylic acids is 1. The highest BCUT2D eigenvalue weighted by Crippen LogP contribution is 2.40. The number of hydrogen-bond acceptors (Lipinski definition) is 3. The second kappa shape index (κ2) is 5.06. The van der Waals surface area contributed by atoms with Crippen molar-refractivity contribution in [3.63, 3.8) is 0 Å². The zero-order valence-corrected chi connectivity index (χ0v) is 11.5. The molecule has 2 atom stereocenters. The van der Waals surface area contributed by atoms with Crippen LogP contribution in [0, 0.1) is 5.92 Å². The SMILES string of the molecule is CC1C(SC(=O)c2ccccc2)C2CCN1CC2. The fourth-order valence-electron chi connectivity index (χ4n) is 3.22. The monoisotopic (exact) mass is 261 g/mol. The highest BCUT2D eigenvalue weighted by atomic mass is 32.2. The molecule has 96 valence electrons. The molecule has 3 aliphatic rings. The minimum absolute atomic E-state index is 0.237. The Kier molecular flexibility index (Phi) is 3.44. The number of thioether (sulfide) groups is 1. The molecule has 18 heavy (non-hydrogen) atoms. The molecule has 3 fully saturated rings. The fraction of sp³-hybridized carbons (Fsp3) is 0.533. The molecule has 2 unspecified atom stereocenters. The molecule has 2 bridgehead atoms. The van der Waals surface area contributed by atoms with Crippen LogP contribution in [-0.4, -0.2) is 34.4 Å². The molecule has 3 aliphatic heterocycles. The molecular formula is C15H19NOS. The lowest BCUT2D eigenvalue weighted by atomic mass is 9.83. The first-order valence-electron chi connectivity index (χ1n) is 6.76. The summed E-state index contributed by atoms with van der Waals surface area (Å²) in [6, 6.07) is 10.2. The predicted molar refractivity (Wildman–Crippen MR) is 75.9 cm³/mol. The van der Waals surface area contributed by atoms with E-state index in [-0.39, 0.29) is 5.12 Å². The van der Waals surface area contributed by atoms with Gasteiger partial charge in [0.05, 0.1) is 0 Å². The molecule has 0 aliphatic carbocycles. The summed E-state index contributed by atoms with van der Waals surface area (Å²) in [6.45, 7) is 4.73. The molecule has 3 saturated heterocycles. The van der Waals surface area contributed by atoms with Crippen LogP contribution in [0.3, 0.4) is 0 Å². The summed E-state index contributed by atoms with van der Waals surface area (Å²) in [7, 11) is 0. The lowest BCUT2D eigenvalue weighted by Crippen LogP contribution is -2.55. The van der Waals surface area contributed by atoms with Crippen molar-refractivity contribution in [2.24, 2.45) is 5.92 Å². The summed E-state index contributed by atoms with van der Waals surface area (Å²) in [5.41, 5.74) is 0.839. The lowest BCUT2D eigenvalue weighted by molar-refractivity contribution is 0.0662. The van der Waals surface area contributed by atoms with Crippen molar-refractivity contribution in [2.75, 3.05) is 13.1 Å². The standard InChI is InChI=1S/C15H19NOS/c1-11-14(12-7-9-16(11)10-8-12)18-15(17)13-5-3-2-4-6-13/h2-6,11-12,14H,7-10H2,1H3. The molecule has 3 heteroatoms. The molecule has 0 N–H and O–H groups in total. The zero-order valence-electron chi connectivity index (χ0n) is 10.7. The fourth-order valence-corrected chi connectivity index (χ4v) is 4.57. The molecule has 4 rings (SSSR count). The summed E-state index contributed by atoms with van der Waals surface area (Å²) in [6.07, 6.45) is 2.54. The van der Waals surface area contributed by atoms with Crippen LogP contribution in [0.2, 0.25) is 0 Å². The number of benzene rings is 1. The van der Waals surface area contributed by atoms with Crippen LogP contribution in [0.25, 0.3) is 0 Å². The van der Waals surface area contributed by atoms with Crippen molar-refractivity contribution in [3.8, 4) is 0 Å². The van der Waals surface area contributed by atoms with Crippen molar-refractivity contribution in [3.05, 3.63) is 35.9 Å². The first kappa shape index (κ1) is 12.2. The minimum Gasteiger partial charge on any atom is -0.300 e. The Balaban J connectivity index is 1.71. The van der Waals surface area contributed by atoms with Gasteiger partial charge in [-0.05, 0) is 38.8 Å². The van der Waals surface area contributed by atoms with Gasteiger partial charge in [-0.15, -0.1) is 0 Å². The van der Waals surface area contributed by atoms with E-state index in [1.165, 1.54) is 25.9 Å². The van der Waals surface area contributed by atoms with E-state index in [2.05, 4.69) is 11.8 Å². The van der Waals surface area contributed by atoms with Gasteiger partial charge >= 0.3 is 0 Å². The van der Waals surface area contributed by atoms with E-state index in [9.17, 15) is 4.79 Å². The van der Waals surface area contributed by atoms with Crippen molar-refractivity contribution >= 4 is 16.9 Å². The predicted octanol–water partition coefficient (Wildman–Crippen LogP) is 3.04. The van der Waals surface area contributed by atoms with E-state index in [4.69, 9.17) is 0 Å². The Morgan fingerprint density at radius 1 is 1.22 bits per heavy atom. The van der Waals surface area contributed by atoms with E-state index in [1.807, 2.05) is 30.3 Å². The summed E-state index contributed by atoms with van der Waals surface area (Å²) in [5.74, 6) is 0.739. The Morgan fingerprint density at radius 3 is 2.50 bits per heavy atom. The molecule has 0 spiro atoms. The quantitative estimate of drug-likeness (QED) is 0.816. The first-order chi connectivity index (χ1) is 8.75. The van der Waals surface area contributed by atoms with Crippen molar-refractivity contribution in [2.45, 2.75) is 31.1 Å². The van der Waals surface area contributed by atoms with Crippen molar-refractivity contribution in [1.29, 1.82) is 0 Å². The van der Waals surface area contributed by atoms with Crippen LogP contribution in [0.5, 0.6) is 0 Å². The van der Waals surface area contributed by atoms with E-state index >= 15 is 0 Å². The number of hydrogen-bond donors (Lipinski definition) is 0. The maximum absolute atomic E-state index is 12.3. The number of fused-ring (bicyclic) bond motifs is 3. The maximum Gasteiger partial charge on any atom is 0.219 e. The number of carbonyl (C=O) groups is 1. The smallest absolute Gasteiger partial charge is 0.219 e. The van der Waals surface area contributed by atoms with Gasteiger partial charge in [-0.25, -0.2) is 0 Å². The van der Waals surface area contributed by atoms with Gasteiger partial charge in [-0.3, -0.25) is 9.69 Å². The van der Waals surface area contributed by atoms with Crippen LogP contribution in [0.4, 0.5) is 0 Å². The average Bonchev–Trinajstić information content (AvgIpc) is 2.44. The molecule has 1 aromatic carbocycles. The van der Waals surface area contributed by atoms with Crippen molar-refractivity contribution < 1.29 is 4.79 Å². The number of piperidine rings is 3. The third kappa shape index (κ3) is 2.21. The Bertz CT molecular complexity index is 423.